The van der Waals surface area contributed by atoms with Crippen LogP contribution in [0.2, 0.25) is 0 Å². The zero-order valence-electron chi connectivity index (χ0n) is 12.5. The topological polar surface area (TPSA) is 74.9 Å². The first-order chi connectivity index (χ1) is 10.5. The van der Waals surface area contributed by atoms with Crippen LogP contribution in [0.1, 0.15) is 30.5 Å². The summed E-state index contributed by atoms with van der Waals surface area (Å²) >= 11 is 0. The van der Waals surface area contributed by atoms with Gasteiger partial charge >= 0.3 is 0 Å². The number of pyridine rings is 1. The third-order valence-corrected chi connectivity index (χ3v) is 3.39. The van der Waals surface area contributed by atoms with Gasteiger partial charge in [0.25, 0.3) is 5.56 Å². The number of rotatable bonds is 4. The Labute approximate surface area is 128 Å². The maximum absolute atomic E-state index is 12.4. The average molecular weight is 295 g/mol. The summed E-state index contributed by atoms with van der Waals surface area (Å²) in [4.78, 5) is 24.4. The molecule has 0 fully saturated rings. The van der Waals surface area contributed by atoms with E-state index in [1.54, 1.807) is 36.5 Å². The quantitative estimate of drug-likeness (QED) is 0.942. The van der Waals surface area contributed by atoms with Gasteiger partial charge in [0.1, 0.15) is 6.04 Å². The van der Waals surface area contributed by atoms with Gasteiger partial charge in [-0.2, -0.15) is 5.26 Å². The molecule has 0 bridgehead atoms. The smallest absolute Gasteiger partial charge is 0.251 e. The number of amides is 1. The number of hydrogen-bond acceptors (Lipinski definition) is 3. The summed E-state index contributed by atoms with van der Waals surface area (Å²) in [6.07, 6.45) is 2.19. The molecule has 22 heavy (non-hydrogen) atoms. The highest BCUT2D eigenvalue weighted by Crippen LogP contribution is 2.15. The second-order valence-corrected chi connectivity index (χ2v) is 5.05. The molecule has 2 aromatic rings. The van der Waals surface area contributed by atoms with Crippen LogP contribution in [-0.4, -0.2) is 10.5 Å². The van der Waals surface area contributed by atoms with Gasteiger partial charge in [0.15, 0.2) is 0 Å². The first kappa shape index (κ1) is 15.5. The Morgan fingerprint density at radius 3 is 2.55 bits per heavy atom. The largest absolute Gasteiger partial charge is 0.324 e. The van der Waals surface area contributed by atoms with Crippen LogP contribution in [0.15, 0.2) is 47.4 Å². The predicted molar refractivity (Wildman–Crippen MR) is 84.6 cm³/mol. The Hall–Kier alpha value is -2.87. The maximum Gasteiger partial charge on any atom is 0.251 e. The fraction of sp³-hybridized carbons (Fsp3) is 0.235. The van der Waals surface area contributed by atoms with Crippen LogP contribution >= 0.6 is 0 Å². The van der Waals surface area contributed by atoms with Crippen molar-refractivity contribution in [3.63, 3.8) is 0 Å². The molecule has 0 aliphatic carbocycles. The van der Waals surface area contributed by atoms with Crippen LogP contribution in [0.4, 0.5) is 5.69 Å². The van der Waals surface area contributed by atoms with E-state index in [1.165, 1.54) is 10.6 Å². The monoisotopic (exact) mass is 295 g/mol. The molecule has 2 rings (SSSR count). The van der Waals surface area contributed by atoms with Crippen LogP contribution < -0.4 is 10.9 Å². The number of aryl methyl sites for hydroxylation is 1. The summed E-state index contributed by atoms with van der Waals surface area (Å²) in [5, 5.41) is 11.5. The van der Waals surface area contributed by atoms with E-state index in [0.717, 1.165) is 5.56 Å². The second-order valence-electron chi connectivity index (χ2n) is 5.05. The van der Waals surface area contributed by atoms with Crippen LogP contribution in [0, 0.1) is 18.3 Å². The lowest BCUT2D eigenvalue weighted by Gasteiger charge is -2.18. The third kappa shape index (κ3) is 3.41. The van der Waals surface area contributed by atoms with Crippen LogP contribution in [0.5, 0.6) is 0 Å². The highest BCUT2D eigenvalue weighted by Gasteiger charge is 2.19. The minimum absolute atomic E-state index is 0.201. The van der Waals surface area contributed by atoms with Gasteiger partial charge in [-0.1, -0.05) is 13.0 Å². The molecule has 0 aliphatic rings. The number of nitrogens with zero attached hydrogens (tertiary/aromatic N) is 2. The number of nitrogens with one attached hydrogen (secondary N) is 1. The predicted octanol–water partition coefficient (Wildman–Crippen LogP) is 2.62. The lowest BCUT2D eigenvalue weighted by molar-refractivity contribution is -0.119. The van der Waals surface area contributed by atoms with Crippen molar-refractivity contribution < 1.29 is 4.79 Å². The zero-order chi connectivity index (χ0) is 16.1. The Morgan fingerprint density at radius 2 is 1.95 bits per heavy atom. The van der Waals surface area contributed by atoms with Gasteiger partial charge < -0.3 is 9.88 Å². The third-order valence-electron chi connectivity index (χ3n) is 3.39. The molecular formula is C17H17N3O2. The molecule has 1 heterocycles. The van der Waals surface area contributed by atoms with E-state index in [4.69, 9.17) is 5.26 Å². The van der Waals surface area contributed by atoms with E-state index in [2.05, 4.69) is 5.32 Å². The van der Waals surface area contributed by atoms with Gasteiger partial charge in [0.2, 0.25) is 5.91 Å². The number of carbonyl (C=O) groups excluding carboxylic acids is 1. The van der Waals surface area contributed by atoms with Gasteiger partial charge in [0, 0.05) is 18.0 Å². The lowest BCUT2D eigenvalue weighted by Crippen LogP contribution is -2.32. The van der Waals surface area contributed by atoms with Crippen molar-refractivity contribution in [3.8, 4) is 6.07 Å². The Morgan fingerprint density at radius 1 is 1.27 bits per heavy atom. The van der Waals surface area contributed by atoms with Crippen molar-refractivity contribution in [1.29, 1.82) is 5.26 Å². The molecule has 1 aromatic carbocycles. The van der Waals surface area contributed by atoms with E-state index in [-0.39, 0.29) is 11.5 Å². The maximum atomic E-state index is 12.4. The highest BCUT2D eigenvalue weighted by atomic mass is 16.2. The number of aromatic nitrogens is 1. The molecule has 1 amide bonds. The number of hydrogen-bond donors (Lipinski definition) is 1. The molecule has 5 nitrogen and oxygen atoms in total. The van der Waals surface area contributed by atoms with E-state index in [0.29, 0.717) is 17.7 Å². The van der Waals surface area contributed by atoms with Crippen LogP contribution in [0.25, 0.3) is 0 Å². The van der Waals surface area contributed by atoms with Crippen molar-refractivity contribution in [2.75, 3.05) is 5.32 Å². The van der Waals surface area contributed by atoms with E-state index >= 15 is 0 Å². The van der Waals surface area contributed by atoms with E-state index in [9.17, 15) is 9.59 Å². The van der Waals surface area contributed by atoms with Gasteiger partial charge in [-0.25, -0.2) is 0 Å². The highest BCUT2D eigenvalue weighted by molar-refractivity contribution is 5.93. The van der Waals surface area contributed by atoms with Gasteiger partial charge in [0.05, 0.1) is 11.6 Å². The van der Waals surface area contributed by atoms with E-state index < -0.39 is 6.04 Å². The fourth-order valence-corrected chi connectivity index (χ4v) is 2.22. The van der Waals surface area contributed by atoms with Crippen molar-refractivity contribution in [3.05, 3.63) is 64.1 Å². The van der Waals surface area contributed by atoms with Crippen LogP contribution in [-0.2, 0) is 4.79 Å². The number of nitriles is 1. The number of carbonyl (C=O) groups is 1. The molecule has 112 valence electrons. The first-order valence-corrected chi connectivity index (χ1v) is 7.05. The molecule has 1 aromatic heterocycles. The van der Waals surface area contributed by atoms with E-state index in [1.807, 2.05) is 19.9 Å². The number of benzene rings is 1. The van der Waals surface area contributed by atoms with Crippen LogP contribution in [0.3, 0.4) is 0 Å². The average Bonchev–Trinajstić information content (AvgIpc) is 2.52. The first-order valence-electron chi connectivity index (χ1n) is 7.05. The normalized spacial score (nSPS) is 11.5. The molecule has 0 saturated carbocycles. The molecular weight excluding hydrogens is 278 g/mol. The van der Waals surface area contributed by atoms with Crippen molar-refractivity contribution in [2.24, 2.45) is 0 Å². The molecule has 0 aliphatic heterocycles. The Kier molecular flexibility index (Phi) is 4.74. The van der Waals surface area contributed by atoms with Gasteiger partial charge in [-0.05, 0) is 43.2 Å². The molecule has 1 atom stereocenters. The Bertz CT molecular complexity index is 770. The van der Waals surface area contributed by atoms with Crippen molar-refractivity contribution in [1.82, 2.24) is 4.57 Å². The molecule has 1 N–H and O–H groups in total. The molecule has 0 radical (unpaired) electrons. The lowest BCUT2D eigenvalue weighted by atomic mass is 10.1. The zero-order valence-corrected chi connectivity index (χ0v) is 12.5. The summed E-state index contributed by atoms with van der Waals surface area (Å²) in [5.74, 6) is -0.250. The fourth-order valence-electron chi connectivity index (χ4n) is 2.22. The standard InChI is InChI=1S/C17H17N3O2/c1-3-15(20-11-12(2)4-9-16(20)21)17(22)19-14-7-5-13(10-18)6-8-14/h4-9,11,15H,3H2,1-2H3,(H,19,22). The summed E-state index contributed by atoms with van der Waals surface area (Å²) in [5.41, 5.74) is 1.85. The summed E-state index contributed by atoms with van der Waals surface area (Å²) < 4.78 is 1.45. The van der Waals surface area contributed by atoms with Gasteiger partial charge in [-0.3, -0.25) is 9.59 Å². The minimum Gasteiger partial charge on any atom is -0.324 e. The Balaban J connectivity index is 2.23. The molecule has 1 unspecified atom stereocenters. The summed E-state index contributed by atoms with van der Waals surface area (Å²) in [6.45, 7) is 3.74. The van der Waals surface area contributed by atoms with Gasteiger partial charge in [-0.15, -0.1) is 0 Å². The summed E-state index contributed by atoms with van der Waals surface area (Å²) in [7, 11) is 0. The molecule has 5 heteroatoms. The molecule has 0 spiro atoms. The SMILES string of the molecule is CCC(C(=O)Nc1ccc(C#N)cc1)n1cc(C)ccc1=O. The molecule has 0 saturated heterocycles. The minimum atomic E-state index is -0.567. The van der Waals surface area contributed by atoms with Crippen molar-refractivity contribution >= 4 is 11.6 Å². The van der Waals surface area contributed by atoms with Crippen molar-refractivity contribution in [2.45, 2.75) is 26.3 Å². The second kappa shape index (κ2) is 6.72. The summed E-state index contributed by atoms with van der Waals surface area (Å²) in [6, 6.07) is 11.3. The number of anilines is 1.